The topological polar surface area (TPSA) is 247 Å². The Labute approximate surface area is 412 Å². The molecule has 1 aromatic carbocycles. The van der Waals surface area contributed by atoms with Crippen LogP contribution in [0, 0.1) is 5.92 Å². The number of hydrogen-bond acceptors (Lipinski definition) is 12. The Bertz CT molecular complexity index is 1860. The van der Waals surface area contributed by atoms with Gasteiger partial charge in [-0.2, -0.15) is 0 Å². The second-order valence-electron chi connectivity index (χ2n) is 17.3. The van der Waals surface area contributed by atoms with Gasteiger partial charge in [-0.3, -0.25) is 28.9 Å². The minimum absolute atomic E-state index is 0.00722. The number of nitrogens with two attached hydrogens (primary N) is 1. The standard InChI is InChI=1S/C26H35ClN2O5.C12H18N2O5S.C7H13NO.C3H8.CH4O/c1-17(13-18-9-10-21(27)22(14-18)32-4)7-5-6-8-19-15-20(33-25(31)29-19)16-23-26(2,34-23)12-11-24(30)28-3;1-7(12(18)19)13(2)9(15)4-5-20-8-6-10(16)14(3)11(8)17;8-7(9)6-4-2-1-3-5-6;1-3-2;1-2/h5-7,9-10,14,19-20,23H,8,11-13,15-16H2,1-4H3,(H,28,30)(H,29,31);7-8H,4-6H2,1-3H3,(H,18,19);6H,1-5H2,(H2,8,9);3H2,1-2H3;2H,1H3/b6-5+,17-7+;;;;/t19?,20?,23-,26-;;;;/m0..../s1. The number of aliphatic hydroxyl groups is 1. The van der Waals surface area contributed by atoms with Gasteiger partial charge >= 0.3 is 12.1 Å². The fraction of sp³-hybridized carbons (Fsp3) is 0.653. The largest absolute Gasteiger partial charge is 0.495 e. The van der Waals surface area contributed by atoms with E-state index in [1.54, 1.807) is 14.2 Å². The third kappa shape index (κ3) is 22.2. The molecule has 5 rings (SSSR count). The highest BCUT2D eigenvalue weighted by molar-refractivity contribution is 8.00. The van der Waals surface area contributed by atoms with Crippen LogP contribution < -0.4 is 21.1 Å². The predicted octanol–water partition coefficient (Wildman–Crippen LogP) is 6.60. The number of methoxy groups -OCH3 is 1. The van der Waals surface area contributed by atoms with E-state index in [-0.39, 0.29) is 78.2 Å². The maximum Gasteiger partial charge on any atom is 0.407 e. The number of carboxylic acids is 1. The van der Waals surface area contributed by atoms with Crippen molar-refractivity contribution < 1.29 is 58.0 Å². The fourth-order valence-corrected chi connectivity index (χ4v) is 8.70. The molecule has 4 fully saturated rings. The molecule has 4 unspecified atom stereocenters. The molecule has 0 radical (unpaired) electrons. The van der Waals surface area contributed by atoms with Crippen molar-refractivity contribution in [3.63, 3.8) is 0 Å². The lowest BCUT2D eigenvalue weighted by Crippen LogP contribution is -2.45. The van der Waals surface area contributed by atoms with Gasteiger partial charge in [0.05, 0.1) is 29.1 Å². The molecule has 17 nitrogen and oxygen atoms in total. The number of epoxide rings is 1. The number of allylic oxidation sites excluding steroid dienone is 3. The van der Waals surface area contributed by atoms with Gasteiger partial charge in [0.25, 0.3) is 0 Å². The third-order valence-corrected chi connectivity index (χ3v) is 13.3. The van der Waals surface area contributed by atoms with E-state index < -0.39 is 17.3 Å². The van der Waals surface area contributed by atoms with Crippen LogP contribution in [0.15, 0.2) is 42.0 Å². The highest BCUT2D eigenvalue weighted by Gasteiger charge is 2.53. The van der Waals surface area contributed by atoms with Crippen molar-refractivity contribution in [1.82, 2.24) is 20.4 Å². The average molecular weight is 997 g/mol. The first-order chi connectivity index (χ1) is 32.2. The van der Waals surface area contributed by atoms with E-state index in [1.165, 1.54) is 64.0 Å². The minimum atomic E-state index is -1.06. The molecule has 3 aliphatic heterocycles. The summed E-state index contributed by atoms with van der Waals surface area (Å²) in [6, 6.07) is 4.94. The Morgan fingerprint density at radius 3 is 2.32 bits per heavy atom. The van der Waals surface area contributed by atoms with E-state index >= 15 is 0 Å². The number of alkyl carbamates (subject to hydrolysis) is 1. The summed E-state index contributed by atoms with van der Waals surface area (Å²) >= 11 is 7.35. The van der Waals surface area contributed by atoms with Crippen molar-refractivity contribution in [3.8, 4) is 5.75 Å². The number of hydrogen-bond donors (Lipinski definition) is 5. The number of nitrogens with one attached hydrogen (secondary N) is 2. The third-order valence-electron chi connectivity index (χ3n) is 11.7. The van der Waals surface area contributed by atoms with Crippen LogP contribution in [0.4, 0.5) is 4.79 Å². The van der Waals surface area contributed by atoms with Gasteiger partial charge in [-0.25, -0.2) is 9.59 Å². The van der Waals surface area contributed by atoms with E-state index in [4.69, 9.17) is 41.8 Å². The van der Waals surface area contributed by atoms with Crippen LogP contribution in [0.2, 0.25) is 5.02 Å². The van der Waals surface area contributed by atoms with Crippen LogP contribution in [-0.2, 0) is 44.7 Å². The molecule has 4 aliphatic rings. The number of primary amides is 1. The minimum Gasteiger partial charge on any atom is -0.495 e. The molecule has 1 saturated carbocycles. The zero-order valence-corrected chi connectivity index (χ0v) is 43.3. The lowest BCUT2D eigenvalue weighted by Gasteiger charge is -2.29. The zero-order valence-electron chi connectivity index (χ0n) is 41.8. The zero-order chi connectivity index (χ0) is 51.6. The van der Waals surface area contributed by atoms with Crippen LogP contribution in [0.1, 0.15) is 124 Å². The maximum atomic E-state index is 12.0. The van der Waals surface area contributed by atoms with E-state index in [0.717, 1.165) is 54.6 Å². The van der Waals surface area contributed by atoms with Crippen molar-refractivity contribution in [2.75, 3.05) is 41.1 Å². The van der Waals surface area contributed by atoms with Gasteiger partial charge in [-0.05, 0) is 70.6 Å². The molecular formula is C49H78ClN5O12S. The summed E-state index contributed by atoms with van der Waals surface area (Å²) in [5.74, 6) is -0.649. The molecular weight excluding hydrogens is 918 g/mol. The van der Waals surface area contributed by atoms with Gasteiger partial charge in [0.1, 0.15) is 17.9 Å². The van der Waals surface area contributed by atoms with Gasteiger partial charge in [-0.1, -0.05) is 81.0 Å². The summed E-state index contributed by atoms with van der Waals surface area (Å²) in [5.41, 5.74) is 7.16. The number of likely N-dealkylation sites (N-methyl/N-ethyl adjacent to an activating group) is 1. The number of amides is 6. The van der Waals surface area contributed by atoms with Crippen LogP contribution in [0.3, 0.4) is 0 Å². The molecule has 3 saturated heterocycles. The molecule has 19 heteroatoms. The number of carboxylic acid groups (broad SMARTS) is 1. The lowest BCUT2D eigenvalue weighted by molar-refractivity contribution is -0.148. The summed E-state index contributed by atoms with van der Waals surface area (Å²) < 4.78 is 16.6. The number of nitrogens with zero attached hydrogens (tertiary/aromatic N) is 2. The van der Waals surface area contributed by atoms with Gasteiger partial charge in [-0.15, -0.1) is 11.8 Å². The highest BCUT2D eigenvalue weighted by atomic mass is 35.5. The maximum absolute atomic E-state index is 12.0. The molecule has 0 bridgehead atoms. The molecule has 0 aromatic heterocycles. The summed E-state index contributed by atoms with van der Waals surface area (Å²) in [7, 11) is 7.12. The van der Waals surface area contributed by atoms with Crippen molar-refractivity contribution in [2.45, 2.75) is 160 Å². The number of ether oxygens (including phenoxy) is 3. The van der Waals surface area contributed by atoms with E-state index in [9.17, 15) is 33.6 Å². The molecule has 384 valence electrons. The van der Waals surface area contributed by atoms with E-state index in [1.807, 2.05) is 31.2 Å². The van der Waals surface area contributed by atoms with Gasteiger partial charge in [0.2, 0.25) is 29.5 Å². The van der Waals surface area contributed by atoms with Crippen molar-refractivity contribution in [1.29, 1.82) is 0 Å². The monoisotopic (exact) mass is 996 g/mol. The second kappa shape index (κ2) is 32.2. The Hall–Kier alpha value is -4.65. The Balaban J connectivity index is 0.000000569. The molecule has 68 heavy (non-hydrogen) atoms. The SMILES string of the molecule is CC(C(=O)O)N(C)C(=O)CCSC1CC(=O)N(C)C1=O.CCC.CNC(=O)CC[C@]1(C)O[C@H]1CC1CC(C/C=C/C=C(\C)Cc2ccc(Cl)c(OC)c2)NC(=O)O1.CO.NC(=O)C1CCCCC1. The Morgan fingerprint density at radius 2 is 1.78 bits per heavy atom. The molecule has 6 N–H and O–H groups in total. The van der Waals surface area contributed by atoms with Crippen LogP contribution in [-0.4, -0.2) is 138 Å². The number of cyclic esters (lactones) is 1. The molecule has 0 spiro atoms. The summed E-state index contributed by atoms with van der Waals surface area (Å²) in [5, 5.41) is 21.5. The van der Waals surface area contributed by atoms with Crippen LogP contribution in [0.5, 0.6) is 5.75 Å². The van der Waals surface area contributed by atoms with Gasteiger partial charge < -0.3 is 45.7 Å². The Morgan fingerprint density at radius 1 is 1.13 bits per heavy atom. The second-order valence-corrected chi connectivity index (χ2v) is 19.0. The number of rotatable bonds is 18. The van der Waals surface area contributed by atoms with Gasteiger partial charge in [0, 0.05) is 78.1 Å². The van der Waals surface area contributed by atoms with Crippen molar-refractivity contribution in [2.24, 2.45) is 11.7 Å². The van der Waals surface area contributed by atoms with Crippen LogP contribution in [0.25, 0.3) is 0 Å². The van der Waals surface area contributed by atoms with E-state index in [2.05, 4.69) is 43.6 Å². The first kappa shape index (κ1) is 61.4. The number of carbonyl (C=O) groups is 7. The summed E-state index contributed by atoms with van der Waals surface area (Å²) in [6.45, 7) is 9.77. The molecule has 1 aliphatic carbocycles. The number of aliphatic hydroxyl groups excluding tert-OH is 1. The first-order valence-electron chi connectivity index (χ1n) is 23.3. The molecule has 6 atom stereocenters. The summed E-state index contributed by atoms with van der Waals surface area (Å²) in [4.78, 5) is 81.8. The number of benzene rings is 1. The molecule has 3 heterocycles. The smallest absolute Gasteiger partial charge is 0.407 e. The normalized spacial score (nSPS) is 22.5. The first-order valence-corrected chi connectivity index (χ1v) is 24.8. The highest BCUT2D eigenvalue weighted by Crippen LogP contribution is 2.44. The molecule has 6 amide bonds. The fourth-order valence-electron chi connectivity index (χ4n) is 7.37. The number of carbonyl (C=O) groups excluding carboxylic acids is 6. The lowest BCUT2D eigenvalue weighted by atomic mass is 9.89. The Kier molecular flexibility index (Phi) is 29.1. The number of aliphatic carboxylic acids is 1. The van der Waals surface area contributed by atoms with Gasteiger partial charge in [0.15, 0.2) is 0 Å². The predicted molar refractivity (Wildman–Crippen MR) is 265 cm³/mol. The number of halogens is 1. The van der Waals surface area contributed by atoms with Crippen molar-refractivity contribution >= 4 is 65.0 Å². The number of likely N-dealkylation sites (tertiary alicyclic amines) is 1. The quantitative estimate of drug-likeness (QED) is 0.0592. The van der Waals surface area contributed by atoms with E-state index in [0.29, 0.717) is 35.8 Å². The van der Waals surface area contributed by atoms with Crippen molar-refractivity contribution in [3.05, 3.63) is 52.6 Å². The number of imide groups is 1. The summed E-state index contributed by atoms with van der Waals surface area (Å²) in [6.07, 6.45) is 16.9. The number of thioether (sulfide) groups is 1. The van der Waals surface area contributed by atoms with Crippen LogP contribution >= 0.6 is 23.4 Å². The average Bonchev–Trinajstić information content (AvgIpc) is 3.89. The molecule has 1 aromatic rings.